The standard InChI is InChI=1S/C23H20O12/c1-31-23-17(28)16(27)20-13(33-23)7-32-21(29)9-3-5-11(25)19-14(9)15(22(30)35-20)18(34-19)8-2-4-10(24)12(26)6-8/h2-6,13,16-17,20,23-28H,7H2,1H3/t13-,16-,17-,20-,23-/m0/s1. The number of rotatable bonds is 2. The molecule has 1 saturated heterocycles. The zero-order chi connectivity index (χ0) is 25.0. The SMILES string of the molecule is CO[C@H]1O[C@H]2COC(=O)c3ccc(O)c4oc(-c5ccc(O)c(O)c5)c(c34)C(=O)O[C@@H]2[C@@H](O)[C@@H]1O. The molecule has 35 heavy (non-hydrogen) atoms. The number of fused-ring (bicyclic) bond motifs is 1. The highest BCUT2D eigenvalue weighted by molar-refractivity contribution is 6.17. The topological polar surface area (TPSA) is 185 Å². The Morgan fingerprint density at radius 3 is 2.40 bits per heavy atom. The largest absolute Gasteiger partial charge is 0.504 e. The van der Waals surface area contributed by atoms with Gasteiger partial charge >= 0.3 is 11.9 Å². The summed E-state index contributed by atoms with van der Waals surface area (Å²) in [6.07, 6.45) is -7.17. The first kappa shape index (κ1) is 22.9. The van der Waals surface area contributed by atoms with E-state index in [0.29, 0.717) is 0 Å². The van der Waals surface area contributed by atoms with E-state index in [-0.39, 0.29) is 33.4 Å². The first-order valence-electron chi connectivity index (χ1n) is 10.4. The molecule has 5 atom stereocenters. The van der Waals surface area contributed by atoms with Crippen molar-refractivity contribution in [3.05, 3.63) is 41.5 Å². The quantitative estimate of drug-likeness (QED) is 0.255. The summed E-state index contributed by atoms with van der Waals surface area (Å²) in [5.41, 5.74) is -0.563. The van der Waals surface area contributed by atoms with Gasteiger partial charge in [0.15, 0.2) is 35.2 Å². The number of hydrogen-bond donors (Lipinski definition) is 5. The van der Waals surface area contributed by atoms with Gasteiger partial charge in [-0.25, -0.2) is 9.59 Å². The Labute approximate surface area is 196 Å². The number of hydrogen-bond acceptors (Lipinski definition) is 12. The summed E-state index contributed by atoms with van der Waals surface area (Å²) in [5.74, 6) is -3.50. The van der Waals surface area contributed by atoms with Gasteiger partial charge in [0, 0.05) is 12.7 Å². The molecule has 2 aliphatic heterocycles. The van der Waals surface area contributed by atoms with Gasteiger partial charge in [0.1, 0.15) is 36.2 Å². The van der Waals surface area contributed by atoms with Crippen LogP contribution in [-0.2, 0) is 18.9 Å². The lowest BCUT2D eigenvalue weighted by atomic mass is 9.97. The van der Waals surface area contributed by atoms with Crippen molar-refractivity contribution >= 4 is 22.9 Å². The zero-order valence-electron chi connectivity index (χ0n) is 18.1. The van der Waals surface area contributed by atoms with Crippen LogP contribution in [-0.4, -0.2) is 81.9 Å². The molecule has 1 fully saturated rings. The van der Waals surface area contributed by atoms with Crippen molar-refractivity contribution in [2.45, 2.75) is 30.7 Å². The maximum absolute atomic E-state index is 13.5. The van der Waals surface area contributed by atoms with Crippen LogP contribution in [0.25, 0.3) is 22.3 Å². The maximum atomic E-state index is 13.5. The molecule has 5 N–H and O–H groups in total. The van der Waals surface area contributed by atoms with Crippen molar-refractivity contribution in [1.29, 1.82) is 0 Å². The lowest BCUT2D eigenvalue weighted by Crippen LogP contribution is -2.60. The van der Waals surface area contributed by atoms with E-state index in [9.17, 15) is 35.1 Å². The molecule has 2 aromatic carbocycles. The van der Waals surface area contributed by atoms with Gasteiger partial charge in [-0.3, -0.25) is 0 Å². The van der Waals surface area contributed by atoms with Crippen LogP contribution in [0.3, 0.4) is 0 Å². The predicted molar refractivity (Wildman–Crippen MR) is 114 cm³/mol. The normalized spacial score (nSPS) is 26.7. The molecule has 12 nitrogen and oxygen atoms in total. The summed E-state index contributed by atoms with van der Waals surface area (Å²) in [6, 6.07) is 6.02. The second-order valence-corrected chi connectivity index (χ2v) is 8.07. The van der Waals surface area contributed by atoms with Gasteiger partial charge in [-0.15, -0.1) is 0 Å². The van der Waals surface area contributed by atoms with Crippen molar-refractivity contribution in [1.82, 2.24) is 0 Å². The summed E-state index contributed by atoms with van der Waals surface area (Å²) >= 11 is 0. The number of phenols is 3. The third kappa shape index (κ3) is 3.63. The molecule has 5 rings (SSSR count). The number of aliphatic hydroxyl groups is 2. The second-order valence-electron chi connectivity index (χ2n) is 8.07. The summed E-state index contributed by atoms with van der Waals surface area (Å²) in [5, 5.41) is 50.8. The number of carbonyl (C=O) groups excluding carboxylic acids is 2. The number of esters is 2. The molecule has 0 amide bonds. The van der Waals surface area contributed by atoms with E-state index in [0.717, 1.165) is 12.1 Å². The molecule has 0 radical (unpaired) electrons. The molecular formula is C23H20O12. The highest BCUT2D eigenvalue weighted by Gasteiger charge is 2.48. The van der Waals surface area contributed by atoms with E-state index < -0.39 is 66.5 Å². The van der Waals surface area contributed by atoms with Crippen molar-refractivity contribution in [3.63, 3.8) is 0 Å². The molecule has 0 bridgehead atoms. The highest BCUT2D eigenvalue weighted by atomic mass is 16.7. The van der Waals surface area contributed by atoms with Gasteiger partial charge in [0.2, 0.25) is 0 Å². The fraction of sp³-hybridized carbons (Fsp3) is 0.304. The third-order valence-corrected chi connectivity index (χ3v) is 5.97. The highest BCUT2D eigenvalue weighted by Crippen LogP contribution is 2.42. The molecule has 0 aliphatic carbocycles. The Morgan fingerprint density at radius 1 is 0.943 bits per heavy atom. The summed E-state index contributed by atoms with van der Waals surface area (Å²) < 4.78 is 27.2. The summed E-state index contributed by atoms with van der Waals surface area (Å²) in [4.78, 5) is 26.5. The Hall–Kier alpha value is -3.84. The molecule has 3 heterocycles. The number of phenolic OH excluding ortho intramolecular Hbond substituents is 3. The van der Waals surface area contributed by atoms with Crippen molar-refractivity contribution in [3.8, 4) is 28.6 Å². The van der Waals surface area contributed by atoms with Crippen LogP contribution in [0.2, 0.25) is 0 Å². The number of methoxy groups -OCH3 is 1. The Kier molecular flexibility index (Phi) is 5.52. The molecular weight excluding hydrogens is 468 g/mol. The van der Waals surface area contributed by atoms with Gasteiger partial charge in [-0.2, -0.15) is 0 Å². The summed E-state index contributed by atoms with van der Waals surface area (Å²) in [6.45, 7) is -0.450. The van der Waals surface area contributed by atoms with Gasteiger partial charge < -0.3 is 48.9 Å². The van der Waals surface area contributed by atoms with Gasteiger partial charge in [-0.1, -0.05) is 0 Å². The second kappa shape index (κ2) is 8.43. The van der Waals surface area contributed by atoms with Crippen LogP contribution in [0, 0.1) is 0 Å². The van der Waals surface area contributed by atoms with Crippen molar-refractivity contribution in [2.24, 2.45) is 0 Å². The fourth-order valence-corrected chi connectivity index (χ4v) is 4.22. The molecule has 0 unspecified atom stereocenters. The smallest absolute Gasteiger partial charge is 0.343 e. The molecule has 0 spiro atoms. The monoisotopic (exact) mass is 488 g/mol. The van der Waals surface area contributed by atoms with E-state index in [1.54, 1.807) is 0 Å². The minimum Gasteiger partial charge on any atom is -0.504 e. The predicted octanol–water partition coefficient (Wildman–Crippen LogP) is 1.01. The minimum absolute atomic E-state index is 0.107. The van der Waals surface area contributed by atoms with Crippen molar-refractivity contribution in [2.75, 3.05) is 13.7 Å². The third-order valence-electron chi connectivity index (χ3n) is 5.97. The molecule has 1 aromatic heterocycles. The average molecular weight is 488 g/mol. The van der Waals surface area contributed by atoms with Crippen LogP contribution < -0.4 is 0 Å². The van der Waals surface area contributed by atoms with Crippen LogP contribution in [0.5, 0.6) is 17.2 Å². The minimum atomic E-state index is -1.66. The van der Waals surface area contributed by atoms with Crippen molar-refractivity contribution < 1.29 is 58.5 Å². The number of cyclic esters (lactones) is 1. The van der Waals surface area contributed by atoms with E-state index in [1.807, 2.05) is 0 Å². The number of carbonyl (C=O) groups is 2. The Bertz CT molecular complexity index is 1330. The molecule has 12 heteroatoms. The number of furan rings is 1. The van der Waals surface area contributed by atoms with Crippen LogP contribution in [0.4, 0.5) is 0 Å². The molecule has 2 aliphatic rings. The first-order valence-corrected chi connectivity index (χ1v) is 10.4. The van der Waals surface area contributed by atoms with E-state index in [2.05, 4.69) is 0 Å². The average Bonchev–Trinajstić information content (AvgIpc) is 3.24. The van der Waals surface area contributed by atoms with E-state index in [1.165, 1.54) is 25.3 Å². The maximum Gasteiger partial charge on any atom is 0.343 e. The lowest BCUT2D eigenvalue weighted by molar-refractivity contribution is -0.293. The lowest BCUT2D eigenvalue weighted by Gasteiger charge is -2.41. The molecule has 0 saturated carbocycles. The Balaban J connectivity index is 1.72. The molecule has 3 aromatic rings. The first-order chi connectivity index (χ1) is 16.7. The zero-order valence-corrected chi connectivity index (χ0v) is 18.1. The van der Waals surface area contributed by atoms with Gasteiger partial charge in [0.05, 0.1) is 10.9 Å². The fourth-order valence-electron chi connectivity index (χ4n) is 4.22. The molecule has 184 valence electrons. The van der Waals surface area contributed by atoms with Crippen LogP contribution in [0.15, 0.2) is 34.7 Å². The summed E-state index contributed by atoms with van der Waals surface area (Å²) in [7, 11) is 1.24. The van der Waals surface area contributed by atoms with E-state index in [4.69, 9.17) is 23.4 Å². The number of ether oxygens (including phenoxy) is 4. The number of benzene rings is 2. The Morgan fingerprint density at radius 2 is 1.69 bits per heavy atom. The van der Waals surface area contributed by atoms with Crippen LogP contribution in [0.1, 0.15) is 20.7 Å². The number of aromatic hydroxyl groups is 3. The van der Waals surface area contributed by atoms with Gasteiger partial charge in [0.25, 0.3) is 0 Å². The number of aliphatic hydroxyl groups excluding tert-OH is 2. The van der Waals surface area contributed by atoms with Gasteiger partial charge in [-0.05, 0) is 30.3 Å². The van der Waals surface area contributed by atoms with E-state index >= 15 is 0 Å². The van der Waals surface area contributed by atoms with Crippen LogP contribution >= 0.6 is 0 Å².